The molecule has 8 heteroatoms. The number of nitrogens with zero attached hydrogens (tertiary/aromatic N) is 1. The van der Waals surface area contributed by atoms with Crippen molar-refractivity contribution in [3.05, 3.63) is 17.0 Å². The highest BCUT2D eigenvalue weighted by Gasteiger charge is 2.11. The summed E-state index contributed by atoms with van der Waals surface area (Å²) in [4.78, 5) is 5.40. The largest absolute Gasteiger partial charge is 0.357 e. The molecule has 138 valence electrons. The van der Waals surface area contributed by atoms with Crippen molar-refractivity contribution in [2.75, 3.05) is 13.1 Å². The molecule has 0 radical (unpaired) electrons. The van der Waals surface area contributed by atoms with E-state index in [1.54, 1.807) is 6.07 Å². The summed E-state index contributed by atoms with van der Waals surface area (Å²) in [7, 11) is -3.63. The van der Waals surface area contributed by atoms with Gasteiger partial charge in [0.05, 0.1) is 6.54 Å². The molecule has 1 atom stereocenters. The van der Waals surface area contributed by atoms with Crippen LogP contribution in [-0.4, -0.2) is 27.5 Å². The van der Waals surface area contributed by atoms with Crippen LogP contribution in [0, 0.1) is 5.92 Å². The van der Waals surface area contributed by atoms with Crippen LogP contribution in [0.25, 0.3) is 0 Å². The molecule has 6 nitrogen and oxygen atoms in total. The fourth-order valence-corrected chi connectivity index (χ4v) is 3.98. The normalized spacial score (nSPS) is 13.8. The second kappa shape index (κ2) is 10.7. The molecule has 0 aromatic carbocycles. The molecule has 1 unspecified atom stereocenters. The van der Waals surface area contributed by atoms with Gasteiger partial charge < -0.3 is 10.6 Å². The molecule has 0 fully saturated rings. The van der Waals surface area contributed by atoms with E-state index >= 15 is 0 Å². The van der Waals surface area contributed by atoms with E-state index in [1.165, 1.54) is 25.3 Å². The van der Waals surface area contributed by atoms with Crippen molar-refractivity contribution < 1.29 is 8.42 Å². The van der Waals surface area contributed by atoms with Crippen molar-refractivity contribution in [1.29, 1.82) is 0 Å². The maximum atomic E-state index is 11.3. The minimum Gasteiger partial charge on any atom is -0.357 e. The molecular formula is C16H30N4O2S2. The molecule has 4 N–H and O–H groups in total. The third kappa shape index (κ3) is 7.63. The van der Waals surface area contributed by atoms with Gasteiger partial charge in [-0.25, -0.2) is 18.5 Å². The van der Waals surface area contributed by atoms with Gasteiger partial charge in [0.2, 0.25) is 10.0 Å². The number of nitrogens with two attached hydrogens (primary N) is 1. The predicted octanol–water partition coefficient (Wildman–Crippen LogP) is 2.67. The molecule has 1 heterocycles. The van der Waals surface area contributed by atoms with Crippen molar-refractivity contribution in [2.24, 2.45) is 16.0 Å². The van der Waals surface area contributed by atoms with Gasteiger partial charge in [0.25, 0.3) is 0 Å². The van der Waals surface area contributed by atoms with E-state index < -0.39 is 10.0 Å². The van der Waals surface area contributed by atoms with E-state index in [9.17, 15) is 8.42 Å². The van der Waals surface area contributed by atoms with E-state index in [-0.39, 0.29) is 4.21 Å². The van der Waals surface area contributed by atoms with Crippen LogP contribution in [0.4, 0.5) is 0 Å². The summed E-state index contributed by atoms with van der Waals surface area (Å²) >= 11 is 1.16. The van der Waals surface area contributed by atoms with Crippen LogP contribution in [-0.2, 0) is 16.6 Å². The summed E-state index contributed by atoms with van der Waals surface area (Å²) in [6, 6.07) is 3.29. The lowest BCUT2D eigenvalue weighted by Crippen LogP contribution is -2.39. The molecule has 0 aliphatic rings. The molecule has 0 saturated heterocycles. The first-order valence-corrected chi connectivity index (χ1v) is 10.9. The van der Waals surface area contributed by atoms with Crippen LogP contribution < -0.4 is 15.8 Å². The Morgan fingerprint density at radius 3 is 2.58 bits per heavy atom. The summed E-state index contributed by atoms with van der Waals surface area (Å²) in [6.07, 6.45) is 4.84. The van der Waals surface area contributed by atoms with Gasteiger partial charge in [-0.1, -0.05) is 33.1 Å². The average Bonchev–Trinajstić information content (AvgIpc) is 3.01. The van der Waals surface area contributed by atoms with Crippen molar-refractivity contribution in [2.45, 2.75) is 57.2 Å². The lowest BCUT2D eigenvalue weighted by atomic mass is 9.99. The van der Waals surface area contributed by atoms with Gasteiger partial charge in [0.15, 0.2) is 5.96 Å². The number of thiophene rings is 1. The standard InChI is InChI=1S/C16H30N4O2S2/c1-4-7-8-13(5-2)11-19-16(18-6-3)20-12-14-9-10-15(23-14)24(17,21)22/h9-10,13H,4-8,11-12H2,1-3H3,(H2,17,21,22)(H2,18,19,20). The van der Waals surface area contributed by atoms with Crippen LogP contribution in [0.3, 0.4) is 0 Å². The third-order valence-electron chi connectivity index (χ3n) is 3.76. The Labute approximate surface area is 150 Å². The van der Waals surface area contributed by atoms with E-state index in [1.807, 2.05) is 6.92 Å². The Morgan fingerprint density at radius 1 is 1.29 bits per heavy atom. The fraction of sp³-hybridized carbons (Fsp3) is 0.688. The zero-order chi connectivity index (χ0) is 18.0. The second-order valence-corrected chi connectivity index (χ2v) is 8.71. The first-order chi connectivity index (χ1) is 11.4. The van der Waals surface area contributed by atoms with E-state index in [2.05, 4.69) is 29.5 Å². The summed E-state index contributed by atoms with van der Waals surface area (Å²) in [5.74, 6) is 1.41. The van der Waals surface area contributed by atoms with E-state index in [0.717, 1.165) is 41.7 Å². The maximum Gasteiger partial charge on any atom is 0.247 e. The van der Waals surface area contributed by atoms with Crippen molar-refractivity contribution in [3.63, 3.8) is 0 Å². The smallest absolute Gasteiger partial charge is 0.247 e. The Bertz CT molecular complexity index is 611. The summed E-state index contributed by atoms with van der Waals surface area (Å²) in [6.45, 7) is 8.56. The number of guanidine groups is 1. The molecule has 0 bridgehead atoms. The highest BCUT2D eigenvalue weighted by molar-refractivity contribution is 7.91. The molecule has 0 saturated carbocycles. The van der Waals surface area contributed by atoms with Gasteiger partial charge in [-0.3, -0.25) is 0 Å². The van der Waals surface area contributed by atoms with Crippen LogP contribution in [0.5, 0.6) is 0 Å². The maximum absolute atomic E-state index is 11.3. The second-order valence-electron chi connectivity index (χ2n) is 5.76. The quantitative estimate of drug-likeness (QED) is 0.433. The first-order valence-electron chi connectivity index (χ1n) is 8.54. The van der Waals surface area contributed by atoms with Crippen molar-refractivity contribution in [1.82, 2.24) is 10.6 Å². The number of sulfonamides is 1. The highest BCUT2D eigenvalue weighted by Crippen LogP contribution is 2.20. The third-order valence-corrected chi connectivity index (χ3v) is 6.26. The molecule has 0 spiro atoms. The van der Waals surface area contributed by atoms with Gasteiger partial charge in [-0.05, 0) is 31.4 Å². The minimum absolute atomic E-state index is 0.177. The lowest BCUT2D eigenvalue weighted by Gasteiger charge is -2.17. The Hall–Kier alpha value is -1.12. The average molecular weight is 375 g/mol. The number of hydrogen-bond donors (Lipinski definition) is 3. The molecular weight excluding hydrogens is 344 g/mol. The number of primary sulfonamides is 1. The van der Waals surface area contributed by atoms with E-state index in [0.29, 0.717) is 12.5 Å². The predicted molar refractivity (Wildman–Crippen MR) is 102 cm³/mol. The number of nitrogens with one attached hydrogen (secondary N) is 2. The van der Waals surface area contributed by atoms with Crippen LogP contribution in [0.1, 0.15) is 51.3 Å². The SMILES string of the molecule is CCCCC(CC)CNC(=NCc1ccc(S(N)(=O)=O)s1)NCC. The van der Waals surface area contributed by atoms with Gasteiger partial charge in [0.1, 0.15) is 4.21 Å². The van der Waals surface area contributed by atoms with Gasteiger partial charge in [-0.15, -0.1) is 11.3 Å². The number of unbranched alkanes of at least 4 members (excludes halogenated alkanes) is 1. The van der Waals surface area contributed by atoms with Gasteiger partial charge in [0, 0.05) is 18.0 Å². The summed E-state index contributed by atoms with van der Waals surface area (Å²) in [5.41, 5.74) is 0. The minimum atomic E-state index is -3.63. The molecule has 0 aliphatic heterocycles. The summed E-state index contributed by atoms with van der Waals surface area (Å²) in [5, 5.41) is 11.7. The molecule has 0 amide bonds. The van der Waals surface area contributed by atoms with Crippen LogP contribution in [0.15, 0.2) is 21.3 Å². The molecule has 1 rings (SSSR count). The van der Waals surface area contributed by atoms with Crippen LogP contribution in [0.2, 0.25) is 0 Å². The van der Waals surface area contributed by atoms with Gasteiger partial charge >= 0.3 is 0 Å². The zero-order valence-electron chi connectivity index (χ0n) is 14.8. The topological polar surface area (TPSA) is 96.6 Å². The Balaban J connectivity index is 2.63. The molecule has 1 aromatic rings. The number of aliphatic imine (C=N–C) groups is 1. The molecule has 24 heavy (non-hydrogen) atoms. The van der Waals surface area contributed by atoms with Crippen molar-refractivity contribution >= 4 is 27.3 Å². The van der Waals surface area contributed by atoms with Crippen LogP contribution >= 0.6 is 11.3 Å². The molecule has 1 aromatic heterocycles. The Morgan fingerprint density at radius 2 is 2.04 bits per heavy atom. The highest BCUT2D eigenvalue weighted by atomic mass is 32.2. The fourth-order valence-electron chi connectivity index (χ4n) is 2.28. The lowest BCUT2D eigenvalue weighted by molar-refractivity contribution is 0.443. The van der Waals surface area contributed by atoms with Crippen molar-refractivity contribution in [3.8, 4) is 0 Å². The summed E-state index contributed by atoms with van der Waals surface area (Å²) < 4.78 is 22.8. The Kier molecular flexibility index (Phi) is 9.31. The number of rotatable bonds is 10. The van der Waals surface area contributed by atoms with Gasteiger partial charge in [-0.2, -0.15) is 0 Å². The monoisotopic (exact) mass is 374 g/mol. The first kappa shape index (κ1) is 20.9. The number of hydrogen-bond acceptors (Lipinski definition) is 4. The van der Waals surface area contributed by atoms with E-state index in [4.69, 9.17) is 5.14 Å². The zero-order valence-corrected chi connectivity index (χ0v) is 16.5. The molecule has 0 aliphatic carbocycles.